The Hall–Kier alpha value is -2.63. The Morgan fingerprint density at radius 3 is 2.89 bits per heavy atom. The summed E-state index contributed by atoms with van der Waals surface area (Å²) in [5.74, 6) is 0.340. The van der Waals surface area contributed by atoms with E-state index in [4.69, 9.17) is 16.6 Å². The van der Waals surface area contributed by atoms with E-state index in [1.54, 1.807) is 12.3 Å². The second-order valence-corrected chi connectivity index (χ2v) is 8.33. The maximum Gasteiger partial charge on any atom is 0.264 e. The molecule has 0 radical (unpaired) electrons. The van der Waals surface area contributed by atoms with Gasteiger partial charge in [0.1, 0.15) is 0 Å². The van der Waals surface area contributed by atoms with Crippen LogP contribution in [0.5, 0.6) is 0 Å². The standard InChI is InChI=1S/C22H16ClN3OS/c23-17-8-9-24-18-7-6-13(10-16(17)18)11-20-21(27)26-22(28-20)25-19-12-15(19)14-4-2-1-3-5-14/h1-11,15,19H,12H2,(H,25,26,27)/b20-11-/t15-,19+/m1/s1. The minimum Gasteiger partial charge on any atom is -0.301 e. The number of nitrogens with one attached hydrogen (secondary N) is 1. The Balaban J connectivity index is 1.35. The summed E-state index contributed by atoms with van der Waals surface area (Å²) in [5, 5.41) is 5.09. The highest BCUT2D eigenvalue weighted by atomic mass is 35.5. The molecule has 2 atom stereocenters. The van der Waals surface area contributed by atoms with E-state index in [0.29, 0.717) is 21.0 Å². The second-order valence-electron chi connectivity index (χ2n) is 6.89. The van der Waals surface area contributed by atoms with Crippen LogP contribution in [0.3, 0.4) is 0 Å². The molecule has 2 aromatic carbocycles. The largest absolute Gasteiger partial charge is 0.301 e. The summed E-state index contributed by atoms with van der Waals surface area (Å²) in [6.45, 7) is 0. The molecule has 3 aromatic rings. The Kier molecular flexibility index (Phi) is 4.41. The van der Waals surface area contributed by atoms with Gasteiger partial charge in [-0.15, -0.1) is 0 Å². The van der Waals surface area contributed by atoms with E-state index >= 15 is 0 Å². The number of hydrogen-bond acceptors (Lipinski definition) is 4. The lowest BCUT2D eigenvalue weighted by Gasteiger charge is -2.01. The fourth-order valence-corrected chi connectivity index (χ4v) is 4.48. The fourth-order valence-electron chi connectivity index (χ4n) is 3.39. The first-order valence-electron chi connectivity index (χ1n) is 9.05. The van der Waals surface area contributed by atoms with Crippen LogP contribution in [0, 0.1) is 0 Å². The summed E-state index contributed by atoms with van der Waals surface area (Å²) in [4.78, 5) is 22.0. The first-order valence-corrected chi connectivity index (χ1v) is 10.2. The highest BCUT2D eigenvalue weighted by Crippen LogP contribution is 2.44. The minimum atomic E-state index is -0.113. The third-order valence-electron chi connectivity index (χ3n) is 4.93. The molecule has 4 nitrogen and oxygen atoms in total. The summed E-state index contributed by atoms with van der Waals surface area (Å²) in [6.07, 6.45) is 4.58. The molecule has 2 aliphatic rings. The van der Waals surface area contributed by atoms with Crippen LogP contribution in [-0.4, -0.2) is 22.1 Å². The maximum absolute atomic E-state index is 12.4. The van der Waals surface area contributed by atoms with E-state index in [0.717, 1.165) is 22.9 Å². The van der Waals surface area contributed by atoms with Gasteiger partial charge in [0, 0.05) is 17.5 Å². The van der Waals surface area contributed by atoms with Crippen molar-refractivity contribution in [1.29, 1.82) is 0 Å². The van der Waals surface area contributed by atoms with Gasteiger partial charge in [-0.05, 0) is 53.6 Å². The van der Waals surface area contributed by atoms with Crippen molar-refractivity contribution in [2.75, 3.05) is 0 Å². The number of fused-ring (bicyclic) bond motifs is 1. The number of amides is 1. The molecule has 2 fully saturated rings. The molecule has 1 aliphatic heterocycles. The van der Waals surface area contributed by atoms with Crippen molar-refractivity contribution >= 4 is 51.4 Å². The van der Waals surface area contributed by atoms with E-state index in [1.165, 1.54) is 17.3 Å². The second kappa shape index (κ2) is 7.08. The highest BCUT2D eigenvalue weighted by Gasteiger charge is 2.39. The molecule has 5 rings (SSSR count). The number of hydrogen-bond donors (Lipinski definition) is 1. The zero-order valence-corrected chi connectivity index (χ0v) is 16.4. The first kappa shape index (κ1) is 17.5. The lowest BCUT2D eigenvalue weighted by molar-refractivity contribution is -0.115. The number of aromatic nitrogens is 1. The van der Waals surface area contributed by atoms with E-state index in [-0.39, 0.29) is 11.9 Å². The van der Waals surface area contributed by atoms with Crippen molar-refractivity contribution < 1.29 is 4.79 Å². The molecule has 6 heteroatoms. The van der Waals surface area contributed by atoms with Gasteiger partial charge >= 0.3 is 0 Å². The monoisotopic (exact) mass is 405 g/mol. The van der Waals surface area contributed by atoms with E-state index in [2.05, 4.69) is 34.6 Å². The average Bonchev–Trinajstić information content (AvgIpc) is 3.39. The van der Waals surface area contributed by atoms with Gasteiger partial charge in [-0.2, -0.15) is 0 Å². The van der Waals surface area contributed by atoms with E-state index in [9.17, 15) is 4.79 Å². The molecular formula is C22H16ClN3OS. The van der Waals surface area contributed by atoms with Crippen LogP contribution in [0.1, 0.15) is 23.5 Å². The molecule has 0 bridgehead atoms. The summed E-state index contributed by atoms with van der Waals surface area (Å²) in [5.41, 5.74) is 3.06. The maximum atomic E-state index is 12.4. The van der Waals surface area contributed by atoms with Gasteiger partial charge in [-0.3, -0.25) is 14.8 Å². The third-order valence-corrected chi connectivity index (χ3v) is 6.18. The summed E-state index contributed by atoms with van der Waals surface area (Å²) in [6, 6.07) is 18.2. The number of pyridine rings is 1. The number of carbonyl (C=O) groups excluding carboxylic acids is 1. The molecular weight excluding hydrogens is 390 g/mol. The summed E-state index contributed by atoms with van der Waals surface area (Å²) in [7, 11) is 0. The zero-order valence-electron chi connectivity index (χ0n) is 14.8. The van der Waals surface area contributed by atoms with Crippen LogP contribution >= 0.6 is 23.4 Å². The van der Waals surface area contributed by atoms with E-state index < -0.39 is 0 Å². The van der Waals surface area contributed by atoms with Crippen LogP contribution in [-0.2, 0) is 4.79 Å². The molecule has 2 heterocycles. The number of rotatable bonds is 3. The van der Waals surface area contributed by atoms with Gasteiger partial charge in [0.25, 0.3) is 5.91 Å². The smallest absolute Gasteiger partial charge is 0.264 e. The number of aliphatic imine (C=N–C) groups is 1. The molecule has 1 N–H and O–H groups in total. The van der Waals surface area contributed by atoms with Crippen molar-refractivity contribution in [3.05, 3.63) is 81.8 Å². The lowest BCUT2D eigenvalue weighted by Crippen LogP contribution is -2.20. The Morgan fingerprint density at radius 1 is 1.18 bits per heavy atom. The van der Waals surface area contributed by atoms with Crippen LogP contribution in [0.15, 0.2) is 70.7 Å². The van der Waals surface area contributed by atoms with E-state index in [1.807, 2.05) is 30.3 Å². The Morgan fingerprint density at radius 2 is 2.04 bits per heavy atom. The number of benzene rings is 2. The van der Waals surface area contributed by atoms with Gasteiger partial charge in [0.15, 0.2) is 5.17 Å². The molecule has 1 saturated heterocycles. The zero-order chi connectivity index (χ0) is 19.1. The average molecular weight is 406 g/mol. The fraction of sp³-hybridized carbons (Fsp3) is 0.136. The normalized spacial score (nSPS) is 24.1. The topological polar surface area (TPSA) is 54.4 Å². The quantitative estimate of drug-likeness (QED) is 0.623. The number of halogens is 1. The minimum absolute atomic E-state index is 0.113. The van der Waals surface area contributed by atoms with Gasteiger partial charge < -0.3 is 5.32 Å². The van der Waals surface area contributed by atoms with Crippen molar-refractivity contribution in [3.63, 3.8) is 0 Å². The van der Waals surface area contributed by atoms with Crippen LogP contribution < -0.4 is 5.32 Å². The van der Waals surface area contributed by atoms with Gasteiger partial charge in [0.2, 0.25) is 0 Å². The Labute approximate surface area is 171 Å². The molecule has 1 amide bonds. The molecule has 138 valence electrons. The number of nitrogens with zero attached hydrogens (tertiary/aromatic N) is 2. The van der Waals surface area contributed by atoms with Crippen LogP contribution in [0.25, 0.3) is 17.0 Å². The number of thioether (sulfide) groups is 1. The Bertz CT molecular complexity index is 1140. The molecule has 0 unspecified atom stereocenters. The van der Waals surface area contributed by atoms with Crippen molar-refractivity contribution in [2.24, 2.45) is 4.99 Å². The van der Waals surface area contributed by atoms with Gasteiger partial charge in [0.05, 0.1) is 21.5 Å². The molecule has 28 heavy (non-hydrogen) atoms. The summed E-state index contributed by atoms with van der Waals surface area (Å²) >= 11 is 7.65. The summed E-state index contributed by atoms with van der Waals surface area (Å²) < 4.78 is 0. The highest BCUT2D eigenvalue weighted by molar-refractivity contribution is 8.18. The van der Waals surface area contributed by atoms with Crippen molar-refractivity contribution in [3.8, 4) is 0 Å². The SMILES string of the molecule is O=C1NC(=N[C@H]2C[C@@H]2c2ccccc2)S/C1=C\c1ccc2nccc(Cl)c2c1. The first-order chi connectivity index (χ1) is 13.7. The van der Waals surface area contributed by atoms with Crippen LogP contribution in [0.4, 0.5) is 0 Å². The van der Waals surface area contributed by atoms with Crippen molar-refractivity contribution in [1.82, 2.24) is 10.3 Å². The number of carbonyl (C=O) groups is 1. The number of amidine groups is 1. The molecule has 1 saturated carbocycles. The van der Waals surface area contributed by atoms with Crippen LogP contribution in [0.2, 0.25) is 5.02 Å². The van der Waals surface area contributed by atoms with Gasteiger partial charge in [-0.25, -0.2) is 0 Å². The van der Waals surface area contributed by atoms with Gasteiger partial charge in [-0.1, -0.05) is 48.0 Å². The molecule has 0 spiro atoms. The lowest BCUT2D eigenvalue weighted by atomic mass is 10.1. The van der Waals surface area contributed by atoms with Crippen molar-refractivity contribution in [2.45, 2.75) is 18.4 Å². The predicted octanol–water partition coefficient (Wildman–Crippen LogP) is 5.00. The molecule has 1 aliphatic carbocycles. The third kappa shape index (κ3) is 3.43. The molecule has 1 aromatic heterocycles. The predicted molar refractivity (Wildman–Crippen MR) is 115 cm³/mol.